The number of ether oxygens (including phenoxy) is 1. The topological polar surface area (TPSA) is 169 Å². The Labute approximate surface area is 203 Å². The van der Waals surface area contributed by atoms with Crippen molar-refractivity contribution in [1.29, 1.82) is 0 Å². The first-order valence-corrected chi connectivity index (χ1v) is 9.50. The van der Waals surface area contributed by atoms with Crippen molar-refractivity contribution in [2.75, 3.05) is 0 Å². The van der Waals surface area contributed by atoms with Gasteiger partial charge in [0.05, 0.1) is 9.85 Å². The molecule has 1 amide bonds. The summed E-state index contributed by atoms with van der Waals surface area (Å²) in [6.45, 7) is 4.67. The molecule has 12 nitrogen and oxygen atoms in total. The molecule has 0 aliphatic heterocycles. The fourth-order valence-electron chi connectivity index (χ4n) is 2.29. The number of rotatable bonds is 5. The molecule has 204 valence electrons. The van der Waals surface area contributed by atoms with Gasteiger partial charge in [-0.25, -0.2) is 4.79 Å². The summed E-state index contributed by atoms with van der Waals surface area (Å²) in [5, 5.41) is 20.8. The zero-order valence-corrected chi connectivity index (χ0v) is 19.0. The van der Waals surface area contributed by atoms with Gasteiger partial charge >= 0.3 is 18.4 Å². The van der Waals surface area contributed by atoms with Gasteiger partial charge in [-0.1, -0.05) is 0 Å². The fourth-order valence-corrected chi connectivity index (χ4v) is 2.29. The number of nitrogens with zero attached hydrogens (tertiary/aromatic N) is 2. The molecule has 0 aromatic heterocycles. The van der Waals surface area contributed by atoms with Crippen LogP contribution in [-0.2, 0) is 17.1 Å². The molecule has 0 saturated heterocycles. The first-order valence-electron chi connectivity index (χ1n) is 9.50. The van der Waals surface area contributed by atoms with Gasteiger partial charge in [-0.15, -0.1) is 0 Å². The number of hydrogen-bond donors (Lipinski definition) is 2. The van der Waals surface area contributed by atoms with Crippen molar-refractivity contribution in [2.24, 2.45) is 5.90 Å². The summed E-state index contributed by atoms with van der Waals surface area (Å²) in [4.78, 5) is 38.7. The number of alkyl halides is 6. The number of nitrogens with two attached hydrogens (primary N) is 1. The average molecular weight is 544 g/mol. The average Bonchev–Trinajstić information content (AvgIpc) is 2.75. The molecule has 0 unspecified atom stereocenters. The third-order valence-corrected chi connectivity index (χ3v) is 3.73. The van der Waals surface area contributed by atoms with E-state index in [1.807, 2.05) is 0 Å². The van der Waals surface area contributed by atoms with Gasteiger partial charge in [-0.05, 0) is 32.9 Å². The summed E-state index contributed by atoms with van der Waals surface area (Å²) in [5.74, 6) is 3.16. The van der Waals surface area contributed by atoms with Crippen LogP contribution in [0, 0.1) is 20.2 Å². The maximum absolute atomic E-state index is 12.8. The van der Waals surface area contributed by atoms with Crippen molar-refractivity contribution in [2.45, 2.75) is 38.7 Å². The maximum atomic E-state index is 12.8. The molecule has 18 heteroatoms. The zero-order chi connectivity index (χ0) is 28.8. The molecule has 0 aliphatic rings. The minimum Gasteiger partial charge on any atom is -0.442 e. The van der Waals surface area contributed by atoms with Crippen LogP contribution in [-0.4, -0.2) is 21.5 Å². The zero-order valence-electron chi connectivity index (χ0n) is 19.0. The van der Waals surface area contributed by atoms with E-state index in [4.69, 9.17) is 4.74 Å². The highest BCUT2D eigenvalue weighted by atomic mass is 19.4. The van der Waals surface area contributed by atoms with Crippen molar-refractivity contribution in [3.63, 3.8) is 0 Å². The first-order chi connectivity index (χ1) is 16.8. The molecular weight excluding hydrogens is 526 g/mol. The van der Waals surface area contributed by atoms with Crippen LogP contribution in [0.3, 0.4) is 0 Å². The number of amides is 1. The molecule has 2 aromatic rings. The third kappa shape index (κ3) is 9.67. The van der Waals surface area contributed by atoms with E-state index >= 15 is 0 Å². The molecule has 0 bridgehead atoms. The number of carbonyl (C=O) groups excluding carboxylic acids is 1. The van der Waals surface area contributed by atoms with Crippen LogP contribution in [0.2, 0.25) is 0 Å². The van der Waals surface area contributed by atoms with E-state index in [1.54, 1.807) is 26.3 Å². The van der Waals surface area contributed by atoms with Gasteiger partial charge in [0.25, 0.3) is 11.4 Å². The van der Waals surface area contributed by atoms with Gasteiger partial charge < -0.3 is 14.4 Å². The molecule has 2 aromatic carbocycles. The predicted molar refractivity (Wildman–Crippen MR) is 111 cm³/mol. The number of carbonyl (C=O) groups is 1. The van der Waals surface area contributed by atoms with Gasteiger partial charge in [0, 0.05) is 24.3 Å². The van der Waals surface area contributed by atoms with Gasteiger partial charge in [0.1, 0.15) is 16.7 Å². The quantitative estimate of drug-likeness (QED) is 0.288. The number of hydroxylamine groups is 1. The van der Waals surface area contributed by atoms with Gasteiger partial charge in [-0.2, -0.15) is 37.7 Å². The van der Waals surface area contributed by atoms with Crippen molar-refractivity contribution >= 4 is 17.5 Å². The third-order valence-electron chi connectivity index (χ3n) is 3.73. The van der Waals surface area contributed by atoms with E-state index in [2.05, 4.69) is 15.6 Å². The number of non-ortho nitro benzene ring substituents is 2. The van der Waals surface area contributed by atoms with Gasteiger partial charge in [-0.3, -0.25) is 20.2 Å². The number of hydrogen-bond acceptors (Lipinski definition) is 9. The lowest BCUT2D eigenvalue weighted by atomic mass is 10.1. The smallest absolute Gasteiger partial charge is 0.441 e. The standard InChI is InChI=1S/C12H13F3N2O5.C7H5F3N2O3/c1-11(2,3)21-10(18)16-22-9-5-4-7(17(19)20)6-8(9)12(13,14)15;8-7(9,10)5-3-4(12(13)14)1-2-6(5)15-11/h4-6H,1-3H3,(H,16,18);1-3H,11H2. The lowest BCUT2D eigenvalue weighted by molar-refractivity contribution is -0.385. The molecule has 0 spiro atoms. The fraction of sp³-hybridized carbons (Fsp3) is 0.316. The van der Waals surface area contributed by atoms with Crippen LogP contribution >= 0.6 is 0 Å². The summed E-state index contributed by atoms with van der Waals surface area (Å²) in [6, 6.07) is 3.90. The highest BCUT2D eigenvalue weighted by Gasteiger charge is 2.37. The van der Waals surface area contributed by atoms with Crippen LogP contribution in [0.25, 0.3) is 0 Å². The van der Waals surface area contributed by atoms with Crippen molar-refractivity contribution in [1.82, 2.24) is 5.48 Å². The van der Waals surface area contributed by atoms with Gasteiger partial charge in [0.15, 0.2) is 11.5 Å². The minimum atomic E-state index is -4.89. The Morgan fingerprint density at radius 2 is 1.24 bits per heavy atom. The highest BCUT2D eigenvalue weighted by Crippen LogP contribution is 2.39. The molecule has 0 radical (unpaired) electrons. The summed E-state index contributed by atoms with van der Waals surface area (Å²) in [5.41, 5.74) is -3.28. The van der Waals surface area contributed by atoms with Crippen LogP contribution in [0.1, 0.15) is 31.9 Å². The van der Waals surface area contributed by atoms with E-state index in [9.17, 15) is 51.4 Å². The summed E-state index contributed by atoms with van der Waals surface area (Å²) >= 11 is 0. The van der Waals surface area contributed by atoms with Crippen molar-refractivity contribution < 1.29 is 55.4 Å². The highest BCUT2D eigenvalue weighted by molar-refractivity contribution is 5.66. The Bertz CT molecular complexity index is 1150. The summed E-state index contributed by atoms with van der Waals surface area (Å²) in [7, 11) is 0. The number of nitrogens with one attached hydrogen (secondary N) is 1. The Balaban J connectivity index is 0.000000397. The van der Waals surface area contributed by atoms with Crippen molar-refractivity contribution in [3.05, 3.63) is 67.8 Å². The molecule has 0 heterocycles. The van der Waals surface area contributed by atoms with Crippen LogP contribution in [0.4, 0.5) is 42.5 Å². The Morgan fingerprint density at radius 3 is 1.59 bits per heavy atom. The molecule has 0 fully saturated rings. The van der Waals surface area contributed by atoms with Crippen LogP contribution in [0.15, 0.2) is 36.4 Å². The number of nitro benzene ring substituents is 2. The normalized spacial score (nSPS) is 11.5. The summed E-state index contributed by atoms with van der Waals surface area (Å²) in [6.07, 6.45) is -10.7. The second-order valence-corrected chi connectivity index (χ2v) is 7.69. The van der Waals surface area contributed by atoms with E-state index < -0.39 is 67.9 Å². The predicted octanol–water partition coefficient (Wildman–Crippen LogP) is 5.30. The molecule has 37 heavy (non-hydrogen) atoms. The molecule has 0 aliphatic carbocycles. The molecule has 3 N–H and O–H groups in total. The van der Waals surface area contributed by atoms with Crippen LogP contribution in [0.5, 0.6) is 11.5 Å². The number of halogens is 6. The summed E-state index contributed by atoms with van der Waals surface area (Å²) < 4.78 is 80.3. The number of nitro groups is 2. The SMILES string of the molecule is CC(C)(C)OC(=O)NOc1ccc([N+](=O)[O-])cc1C(F)(F)F.NOc1ccc([N+](=O)[O-])cc1C(F)(F)F. The maximum Gasteiger partial charge on any atom is 0.441 e. The molecule has 2 rings (SSSR count). The van der Waals surface area contributed by atoms with E-state index in [0.717, 1.165) is 24.3 Å². The molecular formula is C19H18F6N4O8. The second kappa shape index (κ2) is 11.6. The van der Waals surface area contributed by atoms with Crippen molar-refractivity contribution in [3.8, 4) is 11.5 Å². The first kappa shape index (κ1) is 30.7. The molecule has 0 saturated carbocycles. The van der Waals surface area contributed by atoms with Gasteiger partial charge in [0.2, 0.25) is 0 Å². The Kier molecular flexibility index (Phi) is 9.61. The number of benzene rings is 2. The Hall–Kier alpha value is -4.35. The molecule has 0 atom stereocenters. The van der Waals surface area contributed by atoms with Crippen LogP contribution < -0.4 is 21.1 Å². The van der Waals surface area contributed by atoms with E-state index in [1.165, 1.54) is 0 Å². The largest absolute Gasteiger partial charge is 0.442 e. The minimum absolute atomic E-state index is 0.312. The second-order valence-electron chi connectivity index (χ2n) is 7.69. The Morgan fingerprint density at radius 1 is 0.838 bits per heavy atom. The van der Waals surface area contributed by atoms with E-state index in [0.29, 0.717) is 12.1 Å². The lowest BCUT2D eigenvalue weighted by Crippen LogP contribution is -2.34. The monoisotopic (exact) mass is 544 g/mol. The lowest BCUT2D eigenvalue weighted by Gasteiger charge is -2.20. The van der Waals surface area contributed by atoms with E-state index in [-0.39, 0.29) is 0 Å².